The molecule has 0 bridgehead atoms. The van der Waals surface area contributed by atoms with Crippen molar-refractivity contribution in [3.8, 4) is 11.3 Å². The summed E-state index contributed by atoms with van der Waals surface area (Å²) in [7, 11) is 1.76. The number of carbonyl (C=O) groups is 2. The summed E-state index contributed by atoms with van der Waals surface area (Å²) in [4.78, 5) is 24.1. The normalized spacial score (nSPS) is 11.8. The lowest BCUT2D eigenvalue weighted by molar-refractivity contribution is -0.136. The fourth-order valence-electron chi connectivity index (χ4n) is 2.26. The number of hydrogen-bond donors (Lipinski definition) is 2. The zero-order chi connectivity index (χ0) is 17.8. The van der Waals surface area contributed by atoms with E-state index < -0.39 is 17.9 Å². The van der Waals surface area contributed by atoms with Gasteiger partial charge in [-0.05, 0) is 18.5 Å². The highest BCUT2D eigenvalue weighted by Gasteiger charge is 2.20. The van der Waals surface area contributed by atoms with Crippen molar-refractivity contribution in [2.75, 3.05) is 5.32 Å². The van der Waals surface area contributed by atoms with Crippen LogP contribution >= 0.6 is 11.5 Å². The lowest BCUT2D eigenvalue weighted by Gasteiger charge is -2.12. The fourth-order valence-corrected chi connectivity index (χ4v) is 2.92. The highest BCUT2D eigenvalue weighted by molar-refractivity contribution is 7.10. The Morgan fingerprint density at radius 3 is 2.64 bits per heavy atom. The third-order valence-corrected chi connectivity index (χ3v) is 4.21. The first-order chi connectivity index (χ1) is 12.0. The number of aromatic nitrogens is 4. The number of nitrogens with one attached hydrogen (secondary N) is 2. The van der Waals surface area contributed by atoms with Crippen molar-refractivity contribution >= 4 is 28.3 Å². The number of anilines is 1. The average molecular weight is 356 g/mol. The molecule has 9 heteroatoms. The smallest absolute Gasteiger partial charge is 0.314 e. The fraction of sp³-hybridized carbons (Fsp3) is 0.188. The van der Waals surface area contributed by atoms with Crippen molar-refractivity contribution in [1.82, 2.24) is 24.5 Å². The molecule has 25 heavy (non-hydrogen) atoms. The lowest BCUT2D eigenvalue weighted by atomic mass is 10.2. The van der Waals surface area contributed by atoms with Crippen molar-refractivity contribution in [2.24, 2.45) is 7.05 Å². The first kappa shape index (κ1) is 16.8. The Labute approximate surface area is 148 Å². The van der Waals surface area contributed by atoms with Gasteiger partial charge in [-0.2, -0.15) is 4.37 Å². The van der Waals surface area contributed by atoms with Gasteiger partial charge in [-0.3, -0.25) is 9.59 Å². The van der Waals surface area contributed by atoms with Gasteiger partial charge in [0.05, 0.1) is 11.7 Å². The topological polar surface area (TPSA) is 102 Å². The maximum absolute atomic E-state index is 12.1. The van der Waals surface area contributed by atoms with Gasteiger partial charge < -0.3 is 15.2 Å². The number of benzene rings is 1. The van der Waals surface area contributed by atoms with E-state index in [9.17, 15) is 9.59 Å². The van der Waals surface area contributed by atoms with Crippen LogP contribution in [0.2, 0.25) is 0 Å². The number of aryl methyl sites for hydroxylation is 1. The molecular weight excluding hydrogens is 340 g/mol. The van der Waals surface area contributed by atoms with E-state index in [1.807, 2.05) is 30.3 Å². The van der Waals surface area contributed by atoms with Gasteiger partial charge in [0.15, 0.2) is 5.82 Å². The SMILES string of the molecule is C[C@@H](NC(=O)C(=O)Nc1cc(-c2ccccc2)ns1)c1nncn1C. The number of nitrogens with zero attached hydrogens (tertiary/aromatic N) is 4. The van der Waals surface area contributed by atoms with E-state index in [4.69, 9.17) is 0 Å². The average Bonchev–Trinajstić information content (AvgIpc) is 3.24. The molecule has 1 aromatic carbocycles. The zero-order valence-corrected chi connectivity index (χ0v) is 14.4. The van der Waals surface area contributed by atoms with Gasteiger partial charge in [0, 0.05) is 18.7 Å². The second kappa shape index (κ2) is 7.22. The van der Waals surface area contributed by atoms with Gasteiger partial charge in [-0.15, -0.1) is 10.2 Å². The maximum atomic E-state index is 12.1. The van der Waals surface area contributed by atoms with Crippen LogP contribution in [0, 0.1) is 0 Å². The van der Waals surface area contributed by atoms with Gasteiger partial charge in [-0.25, -0.2) is 0 Å². The summed E-state index contributed by atoms with van der Waals surface area (Å²) in [6.45, 7) is 1.73. The van der Waals surface area contributed by atoms with Crippen molar-refractivity contribution in [3.05, 3.63) is 48.5 Å². The lowest BCUT2D eigenvalue weighted by Crippen LogP contribution is -2.37. The Morgan fingerprint density at radius 1 is 1.20 bits per heavy atom. The minimum atomic E-state index is -0.753. The molecule has 128 valence electrons. The van der Waals surface area contributed by atoms with Crippen LogP contribution in [-0.4, -0.2) is 31.0 Å². The molecule has 2 aromatic heterocycles. The number of rotatable bonds is 4. The number of hydrogen-bond acceptors (Lipinski definition) is 6. The van der Waals surface area contributed by atoms with Crippen LogP contribution in [0.4, 0.5) is 5.00 Å². The van der Waals surface area contributed by atoms with Gasteiger partial charge in [-0.1, -0.05) is 30.3 Å². The highest BCUT2D eigenvalue weighted by atomic mass is 32.1. The summed E-state index contributed by atoms with van der Waals surface area (Å²) in [6, 6.07) is 10.9. The standard InChI is InChI=1S/C16H16N6O2S/c1-10(14-20-17-9-22(14)2)18-15(23)16(24)19-13-8-12(21-25-13)11-6-4-3-5-7-11/h3-10H,1-2H3,(H,18,23)(H,19,24)/t10-/m1/s1. The number of carbonyl (C=O) groups excluding carboxylic acids is 2. The summed E-state index contributed by atoms with van der Waals surface area (Å²) >= 11 is 1.12. The summed E-state index contributed by atoms with van der Waals surface area (Å²) in [5.41, 5.74) is 1.69. The van der Waals surface area contributed by atoms with Crippen molar-refractivity contribution in [2.45, 2.75) is 13.0 Å². The van der Waals surface area contributed by atoms with E-state index in [-0.39, 0.29) is 0 Å². The highest BCUT2D eigenvalue weighted by Crippen LogP contribution is 2.25. The largest absolute Gasteiger partial charge is 0.338 e. The molecule has 1 atom stereocenters. The third kappa shape index (κ3) is 3.89. The Balaban J connectivity index is 1.61. The second-order valence-electron chi connectivity index (χ2n) is 5.39. The molecular formula is C16H16N6O2S. The summed E-state index contributed by atoms with van der Waals surface area (Å²) in [6.07, 6.45) is 1.53. The van der Waals surface area contributed by atoms with Crippen molar-refractivity contribution in [1.29, 1.82) is 0 Å². The van der Waals surface area contributed by atoms with E-state index >= 15 is 0 Å². The Bertz CT molecular complexity index is 889. The Morgan fingerprint density at radius 2 is 1.96 bits per heavy atom. The van der Waals surface area contributed by atoms with E-state index in [1.165, 1.54) is 6.33 Å². The van der Waals surface area contributed by atoms with Crippen molar-refractivity contribution in [3.63, 3.8) is 0 Å². The van der Waals surface area contributed by atoms with Crippen LogP contribution in [0.3, 0.4) is 0 Å². The van der Waals surface area contributed by atoms with E-state index in [1.54, 1.807) is 24.6 Å². The summed E-state index contributed by atoms with van der Waals surface area (Å²) in [5, 5.41) is 13.3. The predicted octanol–water partition coefficient (Wildman–Crippen LogP) is 1.75. The molecule has 0 saturated heterocycles. The molecule has 0 aliphatic rings. The molecule has 3 rings (SSSR count). The van der Waals surface area contributed by atoms with Gasteiger partial charge in [0.2, 0.25) is 0 Å². The van der Waals surface area contributed by atoms with Gasteiger partial charge in [0.25, 0.3) is 0 Å². The van der Waals surface area contributed by atoms with E-state index in [0.717, 1.165) is 22.8 Å². The molecule has 0 aliphatic heterocycles. The van der Waals surface area contributed by atoms with Crippen LogP contribution in [0.15, 0.2) is 42.7 Å². The molecule has 2 N–H and O–H groups in total. The van der Waals surface area contributed by atoms with Crippen LogP contribution in [-0.2, 0) is 16.6 Å². The summed E-state index contributed by atoms with van der Waals surface area (Å²) < 4.78 is 5.96. The summed E-state index contributed by atoms with van der Waals surface area (Å²) in [5.74, 6) is -0.937. The molecule has 3 aromatic rings. The van der Waals surface area contributed by atoms with Crippen LogP contribution < -0.4 is 10.6 Å². The maximum Gasteiger partial charge on any atom is 0.314 e. The van der Waals surface area contributed by atoms with E-state index in [0.29, 0.717) is 10.8 Å². The molecule has 0 fully saturated rings. The third-order valence-electron chi connectivity index (χ3n) is 3.50. The molecule has 2 amide bonds. The molecule has 0 radical (unpaired) electrons. The Hall–Kier alpha value is -3.07. The molecule has 2 heterocycles. The quantitative estimate of drug-likeness (QED) is 0.694. The van der Waals surface area contributed by atoms with E-state index in [2.05, 4.69) is 25.2 Å². The van der Waals surface area contributed by atoms with Crippen LogP contribution in [0.1, 0.15) is 18.8 Å². The molecule has 8 nitrogen and oxygen atoms in total. The number of amides is 2. The van der Waals surface area contributed by atoms with Gasteiger partial charge >= 0.3 is 11.8 Å². The second-order valence-corrected chi connectivity index (χ2v) is 6.20. The van der Waals surface area contributed by atoms with Crippen LogP contribution in [0.25, 0.3) is 11.3 Å². The minimum Gasteiger partial charge on any atom is -0.338 e. The van der Waals surface area contributed by atoms with Crippen LogP contribution in [0.5, 0.6) is 0 Å². The first-order valence-corrected chi connectivity index (χ1v) is 8.30. The molecule has 0 spiro atoms. The Kier molecular flexibility index (Phi) is 4.85. The zero-order valence-electron chi connectivity index (χ0n) is 13.6. The predicted molar refractivity (Wildman–Crippen MR) is 93.7 cm³/mol. The minimum absolute atomic E-state index is 0.438. The molecule has 0 aliphatic carbocycles. The molecule has 0 saturated carbocycles. The first-order valence-electron chi connectivity index (χ1n) is 7.52. The van der Waals surface area contributed by atoms with Crippen molar-refractivity contribution < 1.29 is 9.59 Å². The monoisotopic (exact) mass is 356 g/mol. The molecule has 0 unspecified atom stereocenters. The van der Waals surface area contributed by atoms with Gasteiger partial charge in [0.1, 0.15) is 11.3 Å².